The normalized spacial score (nSPS) is 13.8. The molecule has 6 heteroatoms. The van der Waals surface area contributed by atoms with Gasteiger partial charge in [0.15, 0.2) is 0 Å². The van der Waals surface area contributed by atoms with E-state index in [0.717, 1.165) is 31.2 Å². The highest BCUT2D eigenvalue weighted by Crippen LogP contribution is 2.38. The molecule has 0 radical (unpaired) electrons. The number of halogens is 1. The first-order valence-corrected chi connectivity index (χ1v) is 9.23. The van der Waals surface area contributed by atoms with Crippen molar-refractivity contribution in [1.82, 2.24) is 0 Å². The summed E-state index contributed by atoms with van der Waals surface area (Å²) in [5, 5.41) is 6.94. The largest absolute Gasteiger partial charge is 0.322 e. The molecule has 1 aromatic carbocycles. The molecule has 0 unspecified atom stereocenters. The zero-order valence-electron chi connectivity index (χ0n) is 13.4. The lowest BCUT2D eigenvalue weighted by Gasteiger charge is -2.09. The topological polar surface area (TPSA) is 58.2 Å². The van der Waals surface area contributed by atoms with E-state index in [2.05, 4.69) is 10.6 Å². The summed E-state index contributed by atoms with van der Waals surface area (Å²) >= 11 is 7.51. The smallest absolute Gasteiger partial charge is 0.258 e. The van der Waals surface area contributed by atoms with E-state index < -0.39 is 0 Å². The Morgan fingerprint density at radius 3 is 2.67 bits per heavy atom. The molecule has 1 aliphatic rings. The third-order valence-corrected chi connectivity index (χ3v) is 5.46. The van der Waals surface area contributed by atoms with Gasteiger partial charge >= 0.3 is 0 Å². The fraction of sp³-hybridized carbons (Fsp3) is 0.333. The molecule has 0 bridgehead atoms. The number of nitrogens with one attached hydrogen (secondary N) is 2. The van der Waals surface area contributed by atoms with Crippen LogP contribution in [0.2, 0.25) is 5.02 Å². The van der Waals surface area contributed by atoms with Crippen molar-refractivity contribution in [2.75, 3.05) is 10.6 Å². The summed E-state index contributed by atoms with van der Waals surface area (Å²) in [7, 11) is 0. The number of hydrogen-bond acceptors (Lipinski definition) is 3. The van der Waals surface area contributed by atoms with Gasteiger partial charge in [-0.1, -0.05) is 24.1 Å². The van der Waals surface area contributed by atoms with Gasteiger partial charge in [0, 0.05) is 22.5 Å². The first-order chi connectivity index (χ1) is 11.5. The third kappa shape index (κ3) is 3.79. The molecule has 3 rings (SSSR count). The second-order valence-electron chi connectivity index (χ2n) is 5.91. The first-order valence-electron chi connectivity index (χ1n) is 8.03. The Morgan fingerprint density at radius 1 is 1.12 bits per heavy atom. The van der Waals surface area contributed by atoms with Crippen molar-refractivity contribution >= 4 is 45.4 Å². The highest BCUT2D eigenvalue weighted by molar-refractivity contribution is 7.17. The number of anilines is 2. The molecule has 0 fully saturated rings. The average Bonchev–Trinajstić information content (AvgIpc) is 2.68. The summed E-state index contributed by atoms with van der Waals surface area (Å²) in [6.45, 7) is 1.46. The third-order valence-electron chi connectivity index (χ3n) is 4.02. The summed E-state index contributed by atoms with van der Waals surface area (Å²) in [5.74, 6) is -0.358. The molecule has 1 aliphatic carbocycles. The zero-order chi connectivity index (χ0) is 17.1. The van der Waals surface area contributed by atoms with E-state index >= 15 is 0 Å². The lowest BCUT2D eigenvalue weighted by Crippen LogP contribution is -2.16. The molecule has 0 spiro atoms. The van der Waals surface area contributed by atoms with Gasteiger partial charge in [-0.15, -0.1) is 11.3 Å². The minimum Gasteiger partial charge on any atom is -0.322 e. The standard InChI is InChI=1S/C18H19ClN2O2S/c1-11(22)20-18-16(14-8-3-2-4-9-15(14)24-18)17(23)21-13-7-5-6-12(19)10-13/h5-7,10H,2-4,8-9H2,1H3,(H,20,22)(H,21,23). The van der Waals surface area contributed by atoms with Crippen LogP contribution in [0.25, 0.3) is 0 Å². The van der Waals surface area contributed by atoms with Crippen LogP contribution in [0, 0.1) is 0 Å². The van der Waals surface area contributed by atoms with Gasteiger partial charge in [0.1, 0.15) is 5.00 Å². The fourth-order valence-electron chi connectivity index (χ4n) is 2.99. The van der Waals surface area contributed by atoms with Crippen LogP contribution in [0.1, 0.15) is 47.0 Å². The van der Waals surface area contributed by atoms with E-state index in [1.165, 1.54) is 29.6 Å². The highest BCUT2D eigenvalue weighted by Gasteiger charge is 2.25. The Labute approximate surface area is 150 Å². The maximum atomic E-state index is 12.9. The number of benzene rings is 1. The van der Waals surface area contributed by atoms with Gasteiger partial charge in [-0.3, -0.25) is 9.59 Å². The van der Waals surface area contributed by atoms with E-state index in [0.29, 0.717) is 21.3 Å². The van der Waals surface area contributed by atoms with E-state index in [4.69, 9.17) is 11.6 Å². The number of carbonyl (C=O) groups is 2. The quantitative estimate of drug-likeness (QED) is 0.764. The van der Waals surface area contributed by atoms with Crippen molar-refractivity contribution in [3.63, 3.8) is 0 Å². The van der Waals surface area contributed by atoms with E-state index in [1.807, 2.05) is 0 Å². The number of hydrogen-bond donors (Lipinski definition) is 2. The van der Waals surface area contributed by atoms with Gasteiger partial charge in [0.05, 0.1) is 5.56 Å². The molecule has 126 valence electrons. The van der Waals surface area contributed by atoms with Crippen LogP contribution >= 0.6 is 22.9 Å². The number of fused-ring (bicyclic) bond motifs is 1. The van der Waals surface area contributed by atoms with Gasteiger partial charge in [-0.25, -0.2) is 0 Å². The molecule has 0 saturated heterocycles. The van der Waals surface area contributed by atoms with Crippen molar-refractivity contribution in [2.24, 2.45) is 0 Å². The molecule has 1 heterocycles. The Morgan fingerprint density at radius 2 is 1.92 bits per heavy atom. The molecular formula is C18H19ClN2O2S. The molecule has 24 heavy (non-hydrogen) atoms. The molecule has 0 saturated carbocycles. The maximum absolute atomic E-state index is 12.9. The van der Waals surface area contributed by atoms with Crippen molar-refractivity contribution in [3.8, 4) is 0 Å². The highest BCUT2D eigenvalue weighted by atomic mass is 35.5. The van der Waals surface area contributed by atoms with Gasteiger partial charge in [0.25, 0.3) is 5.91 Å². The van der Waals surface area contributed by atoms with Crippen LogP contribution in [-0.2, 0) is 17.6 Å². The monoisotopic (exact) mass is 362 g/mol. The number of aryl methyl sites for hydroxylation is 1. The number of amides is 2. The second-order valence-corrected chi connectivity index (χ2v) is 7.46. The molecule has 0 atom stereocenters. The van der Waals surface area contributed by atoms with Crippen LogP contribution in [0.15, 0.2) is 24.3 Å². The Bertz CT molecular complexity index is 785. The molecule has 2 aromatic rings. The number of rotatable bonds is 3. The zero-order valence-corrected chi connectivity index (χ0v) is 15.0. The van der Waals surface area contributed by atoms with E-state index in [9.17, 15) is 9.59 Å². The summed E-state index contributed by atoms with van der Waals surface area (Å²) in [4.78, 5) is 25.6. The van der Waals surface area contributed by atoms with Crippen LogP contribution in [0.3, 0.4) is 0 Å². The van der Waals surface area contributed by atoms with Crippen molar-refractivity contribution in [2.45, 2.75) is 39.0 Å². The predicted octanol–water partition coefficient (Wildman–Crippen LogP) is 4.88. The van der Waals surface area contributed by atoms with Crippen LogP contribution < -0.4 is 10.6 Å². The van der Waals surface area contributed by atoms with Crippen LogP contribution in [-0.4, -0.2) is 11.8 Å². The van der Waals surface area contributed by atoms with E-state index in [1.54, 1.807) is 24.3 Å². The van der Waals surface area contributed by atoms with Crippen LogP contribution in [0.5, 0.6) is 0 Å². The lowest BCUT2D eigenvalue weighted by molar-refractivity contribution is -0.114. The molecule has 0 aliphatic heterocycles. The Balaban J connectivity index is 1.96. The molecular weight excluding hydrogens is 344 g/mol. The average molecular weight is 363 g/mol. The Kier molecular flexibility index (Phi) is 5.21. The molecule has 4 nitrogen and oxygen atoms in total. The van der Waals surface area contributed by atoms with Gasteiger partial charge < -0.3 is 10.6 Å². The fourth-order valence-corrected chi connectivity index (χ4v) is 4.51. The first kappa shape index (κ1) is 17.0. The minimum absolute atomic E-state index is 0.164. The summed E-state index contributed by atoms with van der Waals surface area (Å²) in [5.41, 5.74) is 2.34. The van der Waals surface area contributed by atoms with E-state index in [-0.39, 0.29) is 11.8 Å². The van der Waals surface area contributed by atoms with Gasteiger partial charge in [-0.2, -0.15) is 0 Å². The molecule has 1 aromatic heterocycles. The minimum atomic E-state index is -0.194. The lowest BCUT2D eigenvalue weighted by atomic mass is 10.0. The predicted molar refractivity (Wildman–Crippen MR) is 99.3 cm³/mol. The number of thiophene rings is 1. The van der Waals surface area contributed by atoms with Crippen molar-refractivity contribution < 1.29 is 9.59 Å². The van der Waals surface area contributed by atoms with Gasteiger partial charge in [-0.05, 0) is 49.4 Å². The second kappa shape index (κ2) is 7.36. The van der Waals surface area contributed by atoms with Gasteiger partial charge in [0.2, 0.25) is 5.91 Å². The maximum Gasteiger partial charge on any atom is 0.258 e. The molecule has 2 amide bonds. The van der Waals surface area contributed by atoms with Crippen molar-refractivity contribution in [1.29, 1.82) is 0 Å². The molecule has 2 N–H and O–H groups in total. The summed E-state index contributed by atoms with van der Waals surface area (Å²) in [6, 6.07) is 7.06. The summed E-state index contributed by atoms with van der Waals surface area (Å²) in [6.07, 6.45) is 5.22. The Hall–Kier alpha value is -1.85. The number of carbonyl (C=O) groups excluding carboxylic acids is 2. The summed E-state index contributed by atoms with van der Waals surface area (Å²) < 4.78 is 0. The van der Waals surface area contributed by atoms with Crippen molar-refractivity contribution in [3.05, 3.63) is 45.3 Å². The van der Waals surface area contributed by atoms with Crippen LogP contribution in [0.4, 0.5) is 10.7 Å². The SMILES string of the molecule is CC(=O)Nc1sc2c(c1C(=O)Nc1cccc(Cl)c1)CCCCC2.